The summed E-state index contributed by atoms with van der Waals surface area (Å²) in [6, 6.07) is 1.56. The van der Waals surface area contributed by atoms with E-state index in [-0.39, 0.29) is 6.04 Å². The second-order valence-electron chi connectivity index (χ2n) is 6.60. The number of hydrogen-bond acceptors (Lipinski definition) is 5. The number of aromatic nitrogens is 1. The Morgan fingerprint density at radius 2 is 2.15 bits per heavy atom. The highest BCUT2D eigenvalue weighted by Crippen LogP contribution is 2.38. The van der Waals surface area contributed by atoms with Gasteiger partial charge in [0.15, 0.2) is 5.13 Å². The van der Waals surface area contributed by atoms with E-state index in [1.165, 1.54) is 48.1 Å². The third kappa shape index (κ3) is 2.07. The fraction of sp³-hybridized carbons (Fsp3) is 0.800. The van der Waals surface area contributed by atoms with Crippen molar-refractivity contribution in [3.8, 4) is 0 Å². The average Bonchev–Trinajstić information content (AvgIpc) is 3.03. The fourth-order valence-electron chi connectivity index (χ4n) is 4.02. The summed E-state index contributed by atoms with van der Waals surface area (Å²) >= 11 is 1.86. The SMILES string of the molecule is CC1CN2CCCC2CN1c1nc2c(s1)C(N)CCC2. The van der Waals surface area contributed by atoms with Crippen molar-refractivity contribution in [1.29, 1.82) is 0 Å². The maximum Gasteiger partial charge on any atom is 0.186 e. The minimum Gasteiger partial charge on any atom is -0.343 e. The Balaban J connectivity index is 1.60. The molecule has 3 heterocycles. The maximum absolute atomic E-state index is 6.25. The first-order valence-electron chi connectivity index (χ1n) is 7.98. The molecule has 110 valence electrons. The van der Waals surface area contributed by atoms with Gasteiger partial charge in [-0.3, -0.25) is 4.90 Å². The van der Waals surface area contributed by atoms with Crippen LogP contribution in [-0.4, -0.2) is 41.6 Å². The second-order valence-corrected chi connectivity index (χ2v) is 7.61. The minimum absolute atomic E-state index is 0.230. The zero-order valence-electron chi connectivity index (χ0n) is 12.2. The highest BCUT2D eigenvalue weighted by atomic mass is 32.1. The number of aryl methyl sites for hydroxylation is 1. The van der Waals surface area contributed by atoms with Crippen LogP contribution in [-0.2, 0) is 6.42 Å². The van der Waals surface area contributed by atoms with Gasteiger partial charge >= 0.3 is 0 Å². The average molecular weight is 292 g/mol. The van der Waals surface area contributed by atoms with Crippen LogP contribution in [0.5, 0.6) is 0 Å². The van der Waals surface area contributed by atoms with Crippen LogP contribution in [0.4, 0.5) is 5.13 Å². The van der Waals surface area contributed by atoms with Gasteiger partial charge in [0.1, 0.15) is 0 Å². The molecule has 0 amide bonds. The molecule has 0 radical (unpaired) electrons. The molecule has 3 atom stereocenters. The summed E-state index contributed by atoms with van der Waals surface area (Å²) in [5.41, 5.74) is 7.54. The van der Waals surface area contributed by atoms with E-state index < -0.39 is 0 Å². The van der Waals surface area contributed by atoms with E-state index in [4.69, 9.17) is 10.7 Å². The van der Waals surface area contributed by atoms with E-state index in [9.17, 15) is 0 Å². The first kappa shape index (κ1) is 13.0. The van der Waals surface area contributed by atoms with Gasteiger partial charge in [0.25, 0.3) is 0 Å². The molecule has 2 N–H and O–H groups in total. The van der Waals surface area contributed by atoms with Crippen molar-refractivity contribution in [1.82, 2.24) is 9.88 Å². The molecule has 3 aliphatic rings. The first-order chi connectivity index (χ1) is 9.72. The maximum atomic E-state index is 6.25. The predicted octanol–water partition coefficient (Wildman–Crippen LogP) is 2.15. The normalized spacial score (nSPS) is 34.1. The number of fused-ring (bicyclic) bond motifs is 2. The van der Waals surface area contributed by atoms with Crippen LogP contribution in [0.2, 0.25) is 0 Å². The summed E-state index contributed by atoms with van der Waals surface area (Å²) in [5, 5.41) is 1.23. The lowest BCUT2D eigenvalue weighted by molar-refractivity contribution is 0.203. The van der Waals surface area contributed by atoms with E-state index in [0.717, 1.165) is 25.4 Å². The van der Waals surface area contributed by atoms with Gasteiger partial charge in [0, 0.05) is 36.1 Å². The Morgan fingerprint density at radius 1 is 1.25 bits per heavy atom. The van der Waals surface area contributed by atoms with Gasteiger partial charge < -0.3 is 10.6 Å². The van der Waals surface area contributed by atoms with Gasteiger partial charge in [-0.25, -0.2) is 4.98 Å². The summed E-state index contributed by atoms with van der Waals surface area (Å²) < 4.78 is 0. The molecule has 2 fully saturated rings. The molecule has 1 aromatic heterocycles. The fourth-order valence-corrected chi connectivity index (χ4v) is 5.28. The van der Waals surface area contributed by atoms with Crippen molar-refractivity contribution in [3.63, 3.8) is 0 Å². The Hall–Kier alpha value is -0.650. The summed E-state index contributed by atoms with van der Waals surface area (Å²) in [7, 11) is 0. The number of anilines is 1. The van der Waals surface area contributed by atoms with Crippen molar-refractivity contribution in [3.05, 3.63) is 10.6 Å². The van der Waals surface area contributed by atoms with Crippen LogP contribution < -0.4 is 10.6 Å². The van der Waals surface area contributed by atoms with Gasteiger partial charge in [-0.05, 0) is 45.6 Å². The summed E-state index contributed by atoms with van der Waals surface area (Å²) in [6.07, 6.45) is 6.17. The van der Waals surface area contributed by atoms with E-state index in [0.29, 0.717) is 6.04 Å². The van der Waals surface area contributed by atoms with Crippen molar-refractivity contribution < 1.29 is 0 Å². The molecule has 5 heteroatoms. The monoisotopic (exact) mass is 292 g/mol. The van der Waals surface area contributed by atoms with Gasteiger partial charge in [-0.2, -0.15) is 0 Å². The number of hydrogen-bond donors (Lipinski definition) is 1. The highest BCUT2D eigenvalue weighted by molar-refractivity contribution is 7.15. The van der Waals surface area contributed by atoms with E-state index in [2.05, 4.69) is 16.7 Å². The Bertz CT molecular complexity index is 500. The lowest BCUT2D eigenvalue weighted by Crippen LogP contribution is -2.55. The molecule has 3 unspecified atom stereocenters. The van der Waals surface area contributed by atoms with Gasteiger partial charge in [-0.1, -0.05) is 11.3 Å². The molecule has 0 saturated carbocycles. The Kier molecular flexibility index (Phi) is 3.24. The summed E-state index contributed by atoms with van der Waals surface area (Å²) in [4.78, 5) is 11.5. The molecule has 4 rings (SSSR count). The standard InChI is InChI=1S/C15H24N4S/c1-10-8-18-7-3-4-11(18)9-19(10)15-17-13-6-2-5-12(16)14(13)20-15/h10-12H,2-9,16H2,1H3. The predicted molar refractivity (Wildman–Crippen MR) is 83.4 cm³/mol. The second kappa shape index (κ2) is 4.97. The highest BCUT2D eigenvalue weighted by Gasteiger charge is 2.36. The zero-order valence-corrected chi connectivity index (χ0v) is 13.0. The summed E-state index contributed by atoms with van der Waals surface area (Å²) in [5.74, 6) is 0. The zero-order chi connectivity index (χ0) is 13.7. The topological polar surface area (TPSA) is 45.4 Å². The van der Waals surface area contributed by atoms with Crippen molar-refractivity contribution >= 4 is 16.5 Å². The minimum atomic E-state index is 0.230. The Labute approximate surface area is 125 Å². The summed E-state index contributed by atoms with van der Waals surface area (Å²) in [6.45, 7) is 5.99. The largest absolute Gasteiger partial charge is 0.343 e. The first-order valence-corrected chi connectivity index (χ1v) is 8.80. The number of rotatable bonds is 1. The molecular formula is C15H24N4S. The molecular weight excluding hydrogens is 268 g/mol. The van der Waals surface area contributed by atoms with E-state index >= 15 is 0 Å². The molecule has 0 bridgehead atoms. The Morgan fingerprint density at radius 3 is 3.00 bits per heavy atom. The van der Waals surface area contributed by atoms with Gasteiger partial charge in [0.05, 0.1) is 5.69 Å². The van der Waals surface area contributed by atoms with E-state index in [1.807, 2.05) is 11.3 Å². The van der Waals surface area contributed by atoms with Gasteiger partial charge in [0.2, 0.25) is 0 Å². The van der Waals surface area contributed by atoms with Crippen molar-refractivity contribution in [2.24, 2.45) is 5.73 Å². The third-order valence-corrected chi connectivity index (χ3v) is 6.43. The molecule has 4 nitrogen and oxygen atoms in total. The molecule has 1 aliphatic carbocycles. The van der Waals surface area contributed by atoms with Crippen LogP contribution in [0.15, 0.2) is 0 Å². The smallest absolute Gasteiger partial charge is 0.186 e. The lowest BCUT2D eigenvalue weighted by Gasteiger charge is -2.42. The lowest BCUT2D eigenvalue weighted by atomic mass is 9.99. The number of piperazine rings is 1. The van der Waals surface area contributed by atoms with Crippen LogP contribution in [0.3, 0.4) is 0 Å². The van der Waals surface area contributed by atoms with Crippen LogP contribution in [0.1, 0.15) is 49.2 Å². The molecule has 2 aliphatic heterocycles. The van der Waals surface area contributed by atoms with Crippen LogP contribution >= 0.6 is 11.3 Å². The number of nitrogens with zero attached hydrogens (tertiary/aromatic N) is 3. The number of nitrogens with two attached hydrogens (primary N) is 1. The van der Waals surface area contributed by atoms with Crippen molar-refractivity contribution in [2.45, 2.75) is 57.2 Å². The molecule has 2 saturated heterocycles. The number of thiazole rings is 1. The molecule has 20 heavy (non-hydrogen) atoms. The van der Waals surface area contributed by atoms with Crippen LogP contribution in [0.25, 0.3) is 0 Å². The van der Waals surface area contributed by atoms with E-state index in [1.54, 1.807) is 0 Å². The quantitative estimate of drug-likeness (QED) is 0.861. The molecule has 1 aromatic rings. The molecule has 0 aromatic carbocycles. The van der Waals surface area contributed by atoms with Gasteiger partial charge in [-0.15, -0.1) is 0 Å². The third-order valence-electron chi connectivity index (χ3n) is 5.16. The van der Waals surface area contributed by atoms with Crippen LogP contribution in [0, 0.1) is 0 Å². The molecule has 0 spiro atoms. The van der Waals surface area contributed by atoms with Crippen molar-refractivity contribution in [2.75, 3.05) is 24.5 Å².